The number of thiophene rings is 1. The SMILES string of the molecule is COc1ccc(-c2csc3ncnc(NC(C)c4ccn(C)n4)c23)cc1. The van der Waals surface area contributed by atoms with Crippen molar-refractivity contribution in [3.8, 4) is 16.9 Å². The van der Waals surface area contributed by atoms with Crippen LogP contribution in [-0.4, -0.2) is 26.9 Å². The van der Waals surface area contributed by atoms with E-state index >= 15 is 0 Å². The van der Waals surface area contributed by atoms with E-state index in [1.54, 1.807) is 29.5 Å². The smallest absolute Gasteiger partial charge is 0.139 e. The van der Waals surface area contributed by atoms with Gasteiger partial charge in [-0.3, -0.25) is 4.68 Å². The number of ether oxygens (including phenoxy) is 1. The molecule has 1 aromatic carbocycles. The third kappa shape index (κ3) is 3.01. The van der Waals surface area contributed by atoms with Crippen LogP contribution in [0.4, 0.5) is 5.82 Å². The van der Waals surface area contributed by atoms with Crippen molar-refractivity contribution in [3.63, 3.8) is 0 Å². The molecule has 0 radical (unpaired) electrons. The van der Waals surface area contributed by atoms with E-state index in [1.165, 1.54) is 0 Å². The Hall–Kier alpha value is -2.93. The summed E-state index contributed by atoms with van der Waals surface area (Å²) in [4.78, 5) is 9.89. The van der Waals surface area contributed by atoms with Gasteiger partial charge in [0.2, 0.25) is 0 Å². The maximum absolute atomic E-state index is 5.26. The minimum atomic E-state index is 0.0397. The van der Waals surface area contributed by atoms with E-state index in [-0.39, 0.29) is 6.04 Å². The van der Waals surface area contributed by atoms with E-state index in [1.807, 2.05) is 31.4 Å². The minimum absolute atomic E-state index is 0.0397. The van der Waals surface area contributed by atoms with Gasteiger partial charge in [-0.1, -0.05) is 12.1 Å². The van der Waals surface area contributed by atoms with Crippen molar-refractivity contribution < 1.29 is 4.74 Å². The van der Waals surface area contributed by atoms with Crippen molar-refractivity contribution in [2.75, 3.05) is 12.4 Å². The van der Waals surface area contributed by atoms with Crippen LogP contribution in [0.5, 0.6) is 5.75 Å². The molecular formula is C19H19N5OS. The monoisotopic (exact) mass is 365 g/mol. The summed E-state index contributed by atoms with van der Waals surface area (Å²) >= 11 is 1.62. The zero-order valence-corrected chi connectivity index (χ0v) is 15.6. The fourth-order valence-corrected chi connectivity index (χ4v) is 3.83. The molecule has 3 heterocycles. The molecule has 4 rings (SSSR count). The molecule has 0 saturated heterocycles. The Balaban J connectivity index is 1.74. The van der Waals surface area contributed by atoms with E-state index in [0.717, 1.165) is 38.6 Å². The number of nitrogens with one attached hydrogen (secondary N) is 1. The summed E-state index contributed by atoms with van der Waals surface area (Å²) < 4.78 is 7.06. The fraction of sp³-hybridized carbons (Fsp3) is 0.211. The van der Waals surface area contributed by atoms with Gasteiger partial charge in [-0.15, -0.1) is 11.3 Å². The lowest BCUT2D eigenvalue weighted by Crippen LogP contribution is -2.09. The number of hydrogen-bond donors (Lipinski definition) is 1. The number of rotatable bonds is 5. The Morgan fingerprint density at radius 2 is 1.96 bits per heavy atom. The molecule has 0 aliphatic heterocycles. The van der Waals surface area contributed by atoms with Crippen molar-refractivity contribution in [1.82, 2.24) is 19.7 Å². The van der Waals surface area contributed by atoms with E-state index in [4.69, 9.17) is 4.74 Å². The summed E-state index contributed by atoms with van der Waals surface area (Å²) in [5.74, 6) is 1.66. The number of aryl methyl sites for hydroxylation is 1. The minimum Gasteiger partial charge on any atom is -0.497 e. The van der Waals surface area contributed by atoms with Crippen LogP contribution < -0.4 is 10.1 Å². The number of nitrogens with zero attached hydrogens (tertiary/aromatic N) is 4. The zero-order chi connectivity index (χ0) is 18.1. The lowest BCUT2D eigenvalue weighted by Gasteiger charge is -2.14. The lowest BCUT2D eigenvalue weighted by atomic mass is 10.1. The molecule has 0 aliphatic carbocycles. The molecule has 1 atom stereocenters. The zero-order valence-electron chi connectivity index (χ0n) is 14.8. The van der Waals surface area contributed by atoms with Gasteiger partial charge in [-0.25, -0.2) is 9.97 Å². The first-order valence-electron chi connectivity index (χ1n) is 8.28. The van der Waals surface area contributed by atoms with Crippen molar-refractivity contribution in [2.45, 2.75) is 13.0 Å². The van der Waals surface area contributed by atoms with Gasteiger partial charge < -0.3 is 10.1 Å². The predicted octanol–water partition coefficient (Wildman–Crippen LogP) is 4.27. The number of anilines is 1. The van der Waals surface area contributed by atoms with Gasteiger partial charge in [0.05, 0.1) is 24.2 Å². The number of methoxy groups -OCH3 is 1. The van der Waals surface area contributed by atoms with E-state index in [9.17, 15) is 0 Å². The first-order valence-corrected chi connectivity index (χ1v) is 9.16. The van der Waals surface area contributed by atoms with Crippen molar-refractivity contribution in [3.05, 3.63) is 53.9 Å². The molecule has 0 fully saturated rings. The summed E-state index contributed by atoms with van der Waals surface area (Å²) in [5.41, 5.74) is 3.20. The van der Waals surface area contributed by atoms with Gasteiger partial charge in [0.25, 0.3) is 0 Å². The Bertz CT molecular complexity index is 1040. The van der Waals surface area contributed by atoms with Crippen molar-refractivity contribution >= 4 is 27.4 Å². The molecule has 1 N–H and O–H groups in total. The Kier molecular flexibility index (Phi) is 4.30. The number of fused-ring (bicyclic) bond motifs is 1. The summed E-state index contributed by atoms with van der Waals surface area (Å²) in [6.45, 7) is 2.08. The lowest BCUT2D eigenvalue weighted by molar-refractivity contribution is 0.415. The van der Waals surface area contributed by atoms with E-state index < -0.39 is 0 Å². The van der Waals surface area contributed by atoms with Gasteiger partial charge in [-0.2, -0.15) is 5.10 Å². The highest BCUT2D eigenvalue weighted by Gasteiger charge is 2.16. The molecule has 4 aromatic rings. The number of aromatic nitrogens is 4. The van der Waals surface area contributed by atoms with Crippen LogP contribution in [0.2, 0.25) is 0 Å². The molecule has 26 heavy (non-hydrogen) atoms. The summed E-state index contributed by atoms with van der Waals surface area (Å²) in [6.07, 6.45) is 3.54. The second kappa shape index (κ2) is 6.76. The van der Waals surface area contributed by atoms with Gasteiger partial charge >= 0.3 is 0 Å². The average molecular weight is 365 g/mol. The van der Waals surface area contributed by atoms with Crippen LogP contribution in [0.25, 0.3) is 21.3 Å². The van der Waals surface area contributed by atoms with Crippen LogP contribution in [0.3, 0.4) is 0 Å². The predicted molar refractivity (Wildman–Crippen MR) is 105 cm³/mol. The summed E-state index contributed by atoms with van der Waals surface area (Å²) in [7, 11) is 3.59. The molecule has 0 bridgehead atoms. The van der Waals surface area contributed by atoms with Crippen LogP contribution in [0.1, 0.15) is 18.7 Å². The second-order valence-corrected chi connectivity index (χ2v) is 6.92. The highest BCUT2D eigenvalue weighted by atomic mass is 32.1. The molecule has 1 unspecified atom stereocenters. The van der Waals surface area contributed by atoms with E-state index in [2.05, 4.69) is 44.8 Å². The highest BCUT2D eigenvalue weighted by molar-refractivity contribution is 7.17. The Morgan fingerprint density at radius 3 is 2.65 bits per heavy atom. The first kappa shape index (κ1) is 16.5. The standard InChI is InChI=1S/C19H19N5OS/c1-12(16-8-9-24(2)23-16)22-18-17-15(10-26-19(17)21-11-20-18)13-4-6-14(25-3)7-5-13/h4-12H,1-3H3,(H,20,21,22). The Morgan fingerprint density at radius 1 is 1.15 bits per heavy atom. The number of hydrogen-bond acceptors (Lipinski definition) is 6. The Labute approximate surface area is 155 Å². The van der Waals surface area contributed by atoms with Crippen LogP contribution >= 0.6 is 11.3 Å². The van der Waals surface area contributed by atoms with Crippen LogP contribution in [-0.2, 0) is 7.05 Å². The molecule has 0 aliphatic rings. The third-order valence-corrected chi connectivity index (χ3v) is 5.19. The quantitative estimate of drug-likeness (QED) is 0.572. The molecule has 0 amide bonds. The van der Waals surface area contributed by atoms with Gasteiger partial charge in [-0.05, 0) is 30.7 Å². The van der Waals surface area contributed by atoms with Crippen LogP contribution in [0, 0.1) is 0 Å². The maximum atomic E-state index is 5.26. The topological polar surface area (TPSA) is 64.9 Å². The molecule has 0 spiro atoms. The molecule has 6 nitrogen and oxygen atoms in total. The van der Waals surface area contributed by atoms with Gasteiger partial charge in [0.15, 0.2) is 0 Å². The molecule has 132 valence electrons. The van der Waals surface area contributed by atoms with Crippen LogP contribution in [0.15, 0.2) is 48.2 Å². The fourth-order valence-electron chi connectivity index (χ4n) is 2.91. The molecule has 0 saturated carbocycles. The molecule has 7 heteroatoms. The second-order valence-electron chi connectivity index (χ2n) is 6.06. The first-order chi connectivity index (χ1) is 12.7. The highest BCUT2D eigenvalue weighted by Crippen LogP contribution is 2.37. The summed E-state index contributed by atoms with van der Waals surface area (Å²) in [5, 5.41) is 11.1. The summed E-state index contributed by atoms with van der Waals surface area (Å²) in [6, 6.07) is 10.1. The normalized spacial score (nSPS) is 12.3. The van der Waals surface area contributed by atoms with Crippen molar-refractivity contribution in [2.24, 2.45) is 7.05 Å². The van der Waals surface area contributed by atoms with Gasteiger partial charge in [0, 0.05) is 24.2 Å². The molecular weight excluding hydrogens is 346 g/mol. The number of benzene rings is 1. The largest absolute Gasteiger partial charge is 0.497 e. The maximum Gasteiger partial charge on any atom is 0.139 e. The molecule has 3 aromatic heterocycles. The van der Waals surface area contributed by atoms with Crippen molar-refractivity contribution in [1.29, 1.82) is 0 Å². The van der Waals surface area contributed by atoms with E-state index in [0.29, 0.717) is 0 Å². The third-order valence-electron chi connectivity index (χ3n) is 4.30. The van der Waals surface area contributed by atoms with Gasteiger partial charge in [0.1, 0.15) is 22.7 Å². The average Bonchev–Trinajstić information content (AvgIpc) is 3.29.